The maximum absolute atomic E-state index is 12.6. The fourth-order valence-electron chi connectivity index (χ4n) is 3.31. The third-order valence-corrected chi connectivity index (χ3v) is 4.90. The van der Waals surface area contributed by atoms with Gasteiger partial charge in [0, 0.05) is 61.6 Å². The molecular weight excluding hydrogens is 354 g/mol. The lowest BCUT2D eigenvalue weighted by Crippen LogP contribution is -2.44. The van der Waals surface area contributed by atoms with Crippen LogP contribution in [0.1, 0.15) is 16.1 Å². The van der Waals surface area contributed by atoms with Crippen molar-refractivity contribution in [3.8, 4) is 11.3 Å². The average molecular weight is 377 g/mol. The Kier molecular flexibility index (Phi) is 5.08. The zero-order valence-electron chi connectivity index (χ0n) is 16.1. The van der Waals surface area contributed by atoms with E-state index in [-0.39, 0.29) is 11.6 Å². The number of piperazine rings is 1. The van der Waals surface area contributed by atoms with Crippen LogP contribution in [0, 0.1) is 6.92 Å². The number of anilines is 2. The molecular formula is C21H23N5O2. The molecule has 1 aliphatic rings. The molecule has 7 heteroatoms. The molecule has 0 radical (unpaired) electrons. The Morgan fingerprint density at radius 2 is 1.82 bits per heavy atom. The number of benzene rings is 1. The first-order valence-electron chi connectivity index (χ1n) is 9.32. The summed E-state index contributed by atoms with van der Waals surface area (Å²) >= 11 is 0. The summed E-state index contributed by atoms with van der Waals surface area (Å²) in [6.07, 6.45) is 3.34. The second-order valence-electron chi connectivity index (χ2n) is 7.11. The van der Waals surface area contributed by atoms with Gasteiger partial charge in [-0.3, -0.25) is 9.78 Å². The average Bonchev–Trinajstić information content (AvgIpc) is 3.19. The number of aryl methyl sites for hydroxylation is 1. The molecule has 1 N–H and O–H groups in total. The molecule has 0 aliphatic carbocycles. The number of pyridine rings is 1. The van der Waals surface area contributed by atoms with Crippen LogP contribution in [0.25, 0.3) is 11.3 Å². The van der Waals surface area contributed by atoms with Gasteiger partial charge in [0.25, 0.3) is 5.91 Å². The van der Waals surface area contributed by atoms with Crippen LogP contribution in [0.15, 0.2) is 53.3 Å². The highest BCUT2D eigenvalue weighted by atomic mass is 16.5. The molecule has 1 fully saturated rings. The third-order valence-electron chi connectivity index (χ3n) is 4.90. The number of aromatic nitrogens is 2. The molecule has 7 nitrogen and oxygen atoms in total. The molecule has 28 heavy (non-hydrogen) atoms. The van der Waals surface area contributed by atoms with Gasteiger partial charge in [0.15, 0.2) is 11.5 Å². The van der Waals surface area contributed by atoms with E-state index in [4.69, 9.17) is 4.52 Å². The van der Waals surface area contributed by atoms with Crippen molar-refractivity contribution in [1.82, 2.24) is 15.0 Å². The van der Waals surface area contributed by atoms with Gasteiger partial charge < -0.3 is 19.6 Å². The number of amides is 1. The monoisotopic (exact) mass is 377 g/mol. The Morgan fingerprint density at radius 1 is 1.07 bits per heavy atom. The number of rotatable bonds is 4. The minimum atomic E-state index is -0.293. The summed E-state index contributed by atoms with van der Waals surface area (Å²) in [7, 11) is 2.14. The maximum atomic E-state index is 12.6. The van der Waals surface area contributed by atoms with Crippen LogP contribution in [-0.4, -0.2) is 54.2 Å². The molecule has 0 spiro atoms. The fourth-order valence-corrected chi connectivity index (χ4v) is 3.31. The van der Waals surface area contributed by atoms with E-state index in [0.29, 0.717) is 5.76 Å². The first-order chi connectivity index (χ1) is 13.6. The van der Waals surface area contributed by atoms with Gasteiger partial charge in [-0.05, 0) is 49.9 Å². The van der Waals surface area contributed by atoms with Gasteiger partial charge in [-0.1, -0.05) is 5.16 Å². The molecule has 1 aliphatic heterocycles. The number of nitrogens with zero attached hydrogens (tertiary/aromatic N) is 4. The zero-order valence-corrected chi connectivity index (χ0v) is 16.1. The Balaban J connectivity index is 1.49. The highest BCUT2D eigenvalue weighted by Crippen LogP contribution is 2.24. The summed E-state index contributed by atoms with van der Waals surface area (Å²) in [4.78, 5) is 21.3. The molecule has 1 aromatic carbocycles. The van der Waals surface area contributed by atoms with Gasteiger partial charge in [-0.15, -0.1) is 0 Å². The number of carbonyl (C=O) groups excluding carboxylic acids is 1. The van der Waals surface area contributed by atoms with Crippen LogP contribution < -0.4 is 10.2 Å². The van der Waals surface area contributed by atoms with Crippen molar-refractivity contribution < 1.29 is 9.32 Å². The number of carbonyl (C=O) groups is 1. The molecule has 4 rings (SSSR count). The number of hydrogen-bond donors (Lipinski definition) is 1. The van der Waals surface area contributed by atoms with Crippen LogP contribution in [0.3, 0.4) is 0 Å². The molecule has 144 valence electrons. The van der Waals surface area contributed by atoms with Gasteiger partial charge in [-0.25, -0.2) is 0 Å². The molecule has 0 saturated carbocycles. The summed E-state index contributed by atoms with van der Waals surface area (Å²) in [6.45, 7) is 6.06. The van der Waals surface area contributed by atoms with Crippen LogP contribution in [0.2, 0.25) is 0 Å². The van der Waals surface area contributed by atoms with Crippen LogP contribution in [0.4, 0.5) is 11.4 Å². The summed E-state index contributed by atoms with van der Waals surface area (Å²) in [6, 6.07) is 11.4. The van der Waals surface area contributed by atoms with Gasteiger partial charge >= 0.3 is 0 Å². The Bertz CT molecular complexity index is 962. The number of likely N-dealkylation sites (N-methyl/N-ethyl adjacent to an activating group) is 1. The second-order valence-corrected chi connectivity index (χ2v) is 7.11. The van der Waals surface area contributed by atoms with Crippen molar-refractivity contribution in [2.24, 2.45) is 0 Å². The first-order valence-corrected chi connectivity index (χ1v) is 9.32. The van der Waals surface area contributed by atoms with Crippen molar-refractivity contribution >= 4 is 17.3 Å². The van der Waals surface area contributed by atoms with Crippen molar-refractivity contribution in [1.29, 1.82) is 0 Å². The summed E-state index contributed by atoms with van der Waals surface area (Å²) < 4.78 is 5.31. The van der Waals surface area contributed by atoms with Gasteiger partial charge in [0.2, 0.25) is 0 Å². The summed E-state index contributed by atoms with van der Waals surface area (Å²) in [5.74, 6) is 0.244. The van der Waals surface area contributed by atoms with E-state index in [0.717, 1.165) is 48.7 Å². The molecule has 0 bridgehead atoms. The van der Waals surface area contributed by atoms with E-state index in [2.05, 4.69) is 38.4 Å². The van der Waals surface area contributed by atoms with Crippen LogP contribution >= 0.6 is 0 Å². The van der Waals surface area contributed by atoms with Crippen molar-refractivity contribution in [3.05, 3.63) is 60.0 Å². The normalized spacial score (nSPS) is 14.9. The minimum absolute atomic E-state index is 0.245. The largest absolute Gasteiger partial charge is 0.369 e. The third kappa shape index (κ3) is 4.04. The van der Waals surface area contributed by atoms with E-state index < -0.39 is 0 Å². The predicted octanol–water partition coefficient (Wildman–Crippen LogP) is 3.05. The van der Waals surface area contributed by atoms with Crippen molar-refractivity contribution in [3.63, 3.8) is 0 Å². The molecule has 3 heterocycles. The van der Waals surface area contributed by atoms with E-state index in [1.54, 1.807) is 18.5 Å². The Hall–Kier alpha value is -3.19. The summed E-state index contributed by atoms with van der Waals surface area (Å²) in [5.41, 5.74) is 4.06. The minimum Gasteiger partial charge on any atom is -0.369 e. The van der Waals surface area contributed by atoms with Gasteiger partial charge in [0.05, 0.1) is 0 Å². The van der Waals surface area contributed by atoms with Crippen molar-refractivity contribution in [2.45, 2.75) is 6.92 Å². The lowest BCUT2D eigenvalue weighted by molar-refractivity contribution is 0.101. The quantitative estimate of drug-likeness (QED) is 0.753. The molecule has 3 aromatic rings. The zero-order chi connectivity index (χ0) is 19.5. The lowest BCUT2D eigenvalue weighted by atomic mass is 10.1. The molecule has 1 amide bonds. The Morgan fingerprint density at radius 3 is 2.57 bits per heavy atom. The second kappa shape index (κ2) is 7.82. The van der Waals surface area contributed by atoms with Crippen LogP contribution in [-0.2, 0) is 0 Å². The molecule has 1 saturated heterocycles. The number of nitrogens with one attached hydrogen (secondary N) is 1. The maximum Gasteiger partial charge on any atom is 0.277 e. The van der Waals surface area contributed by atoms with Crippen molar-refractivity contribution in [2.75, 3.05) is 43.4 Å². The SMILES string of the molecule is Cc1cc(NC(=O)c2cc(-c3ccncc3)on2)cc(N2CCN(C)CC2)c1. The van der Waals surface area contributed by atoms with Gasteiger partial charge in [-0.2, -0.15) is 0 Å². The first kappa shape index (κ1) is 18.2. The molecule has 2 aromatic heterocycles. The molecule has 0 atom stereocenters. The van der Waals surface area contributed by atoms with E-state index in [9.17, 15) is 4.79 Å². The summed E-state index contributed by atoms with van der Waals surface area (Å²) in [5, 5.41) is 6.85. The van der Waals surface area contributed by atoms with E-state index >= 15 is 0 Å². The smallest absolute Gasteiger partial charge is 0.277 e. The highest BCUT2D eigenvalue weighted by molar-refractivity contribution is 6.03. The molecule has 0 unspecified atom stereocenters. The van der Waals surface area contributed by atoms with Gasteiger partial charge in [0.1, 0.15) is 0 Å². The highest BCUT2D eigenvalue weighted by Gasteiger charge is 2.17. The Labute approximate surface area is 164 Å². The lowest BCUT2D eigenvalue weighted by Gasteiger charge is -2.34. The fraction of sp³-hybridized carbons (Fsp3) is 0.286. The van der Waals surface area contributed by atoms with E-state index in [1.807, 2.05) is 31.2 Å². The topological polar surface area (TPSA) is 74.5 Å². The predicted molar refractivity (Wildman–Crippen MR) is 109 cm³/mol. The van der Waals surface area contributed by atoms with E-state index in [1.165, 1.54) is 0 Å². The number of hydrogen-bond acceptors (Lipinski definition) is 6. The van der Waals surface area contributed by atoms with Crippen LogP contribution in [0.5, 0.6) is 0 Å². The standard InChI is InChI=1S/C21H23N5O2/c1-15-11-17(13-18(12-15)26-9-7-25(2)8-10-26)23-21(27)19-14-20(28-24-19)16-3-5-22-6-4-16/h3-6,11-14H,7-10H2,1-2H3,(H,23,27).